The van der Waals surface area contributed by atoms with Crippen molar-refractivity contribution in [3.63, 3.8) is 0 Å². The lowest BCUT2D eigenvalue weighted by Crippen LogP contribution is -1.97. The SMILES string of the molecule is Clc1ccc(COc2ccc(-c3ccnc4nc(-c5cccnc5)nn34)cc2)cc1. The molecule has 0 saturated carbocycles. The second-order valence-corrected chi connectivity index (χ2v) is 7.09. The molecule has 146 valence electrons. The van der Waals surface area contributed by atoms with E-state index in [1.165, 1.54) is 0 Å². The third kappa shape index (κ3) is 3.73. The summed E-state index contributed by atoms with van der Waals surface area (Å²) in [6.07, 6.45) is 5.19. The lowest BCUT2D eigenvalue weighted by molar-refractivity contribution is 0.306. The highest BCUT2D eigenvalue weighted by Gasteiger charge is 2.11. The Morgan fingerprint density at radius 3 is 2.47 bits per heavy atom. The zero-order chi connectivity index (χ0) is 20.3. The molecule has 0 saturated heterocycles. The molecule has 0 radical (unpaired) electrons. The molecule has 0 spiro atoms. The van der Waals surface area contributed by atoms with E-state index in [4.69, 9.17) is 16.3 Å². The average Bonchev–Trinajstić information content (AvgIpc) is 3.24. The Labute approximate surface area is 177 Å². The van der Waals surface area contributed by atoms with Gasteiger partial charge in [-0.05, 0) is 60.2 Å². The van der Waals surface area contributed by atoms with Crippen LogP contribution in [-0.2, 0) is 6.61 Å². The van der Waals surface area contributed by atoms with E-state index in [0.717, 1.165) is 28.1 Å². The Bertz CT molecular complexity index is 1290. The van der Waals surface area contributed by atoms with Crippen LogP contribution in [0.4, 0.5) is 0 Å². The van der Waals surface area contributed by atoms with Crippen LogP contribution in [0.2, 0.25) is 5.02 Å². The highest BCUT2D eigenvalue weighted by molar-refractivity contribution is 6.30. The van der Waals surface area contributed by atoms with Gasteiger partial charge in [0.05, 0.1) is 5.69 Å². The van der Waals surface area contributed by atoms with E-state index in [1.54, 1.807) is 23.1 Å². The van der Waals surface area contributed by atoms with Crippen LogP contribution in [0.1, 0.15) is 5.56 Å². The normalized spacial score (nSPS) is 11.0. The third-order valence-electron chi connectivity index (χ3n) is 4.63. The molecular weight excluding hydrogens is 398 g/mol. The van der Waals surface area contributed by atoms with E-state index >= 15 is 0 Å². The molecule has 30 heavy (non-hydrogen) atoms. The van der Waals surface area contributed by atoms with Crippen molar-refractivity contribution in [3.05, 3.63) is 95.9 Å². The van der Waals surface area contributed by atoms with Gasteiger partial charge < -0.3 is 4.74 Å². The number of ether oxygens (including phenoxy) is 1. The zero-order valence-electron chi connectivity index (χ0n) is 15.8. The molecule has 6 nitrogen and oxygen atoms in total. The van der Waals surface area contributed by atoms with Crippen LogP contribution >= 0.6 is 11.6 Å². The summed E-state index contributed by atoms with van der Waals surface area (Å²) >= 11 is 5.92. The molecule has 0 bridgehead atoms. The number of fused-ring (bicyclic) bond motifs is 1. The highest BCUT2D eigenvalue weighted by atomic mass is 35.5. The van der Waals surface area contributed by atoms with Gasteiger partial charge in [-0.15, -0.1) is 5.10 Å². The van der Waals surface area contributed by atoms with Gasteiger partial charge >= 0.3 is 0 Å². The van der Waals surface area contributed by atoms with Crippen molar-refractivity contribution in [1.29, 1.82) is 0 Å². The smallest absolute Gasteiger partial charge is 0.253 e. The molecule has 0 fully saturated rings. The molecule has 0 amide bonds. The Hall–Kier alpha value is -3.77. The maximum absolute atomic E-state index is 5.92. The van der Waals surface area contributed by atoms with Crippen molar-refractivity contribution in [1.82, 2.24) is 24.6 Å². The first kappa shape index (κ1) is 18.3. The van der Waals surface area contributed by atoms with Crippen molar-refractivity contribution >= 4 is 17.4 Å². The molecule has 5 aromatic rings. The summed E-state index contributed by atoms with van der Waals surface area (Å²) in [7, 11) is 0. The molecule has 0 aliphatic rings. The summed E-state index contributed by atoms with van der Waals surface area (Å²) in [5.41, 5.74) is 3.79. The van der Waals surface area contributed by atoms with Crippen LogP contribution in [0.25, 0.3) is 28.4 Å². The summed E-state index contributed by atoms with van der Waals surface area (Å²) in [5, 5.41) is 5.34. The predicted octanol–water partition coefficient (Wildman–Crippen LogP) is 5.09. The van der Waals surface area contributed by atoms with Crippen LogP contribution in [0.15, 0.2) is 85.3 Å². The van der Waals surface area contributed by atoms with E-state index in [2.05, 4.69) is 20.1 Å². The lowest BCUT2D eigenvalue weighted by atomic mass is 10.1. The molecule has 0 aliphatic carbocycles. The first-order chi connectivity index (χ1) is 14.8. The monoisotopic (exact) mass is 413 g/mol. The first-order valence-corrected chi connectivity index (χ1v) is 9.74. The standard InChI is InChI=1S/C23H16ClN5O/c24-19-7-3-16(4-8-19)15-30-20-9-5-17(6-10-20)21-11-13-26-23-27-22(28-29(21)23)18-2-1-12-25-14-18/h1-14H,15H2. The van der Waals surface area contributed by atoms with Gasteiger partial charge in [-0.1, -0.05) is 23.7 Å². The second-order valence-electron chi connectivity index (χ2n) is 6.66. The number of aromatic nitrogens is 5. The second kappa shape index (κ2) is 7.93. The minimum Gasteiger partial charge on any atom is -0.489 e. The van der Waals surface area contributed by atoms with Crippen molar-refractivity contribution in [2.75, 3.05) is 0 Å². The Balaban J connectivity index is 1.40. The van der Waals surface area contributed by atoms with Crippen LogP contribution in [-0.4, -0.2) is 24.6 Å². The van der Waals surface area contributed by atoms with Crippen molar-refractivity contribution in [2.24, 2.45) is 0 Å². The van der Waals surface area contributed by atoms with Gasteiger partial charge in [0.15, 0.2) is 5.82 Å². The minimum atomic E-state index is 0.480. The van der Waals surface area contributed by atoms with E-state index in [1.807, 2.05) is 66.7 Å². The van der Waals surface area contributed by atoms with Gasteiger partial charge in [0.2, 0.25) is 0 Å². The Morgan fingerprint density at radius 2 is 1.70 bits per heavy atom. The molecule has 0 unspecified atom stereocenters. The fourth-order valence-electron chi connectivity index (χ4n) is 3.10. The minimum absolute atomic E-state index is 0.480. The molecule has 2 aromatic carbocycles. The number of hydrogen-bond acceptors (Lipinski definition) is 5. The van der Waals surface area contributed by atoms with Gasteiger partial charge in [-0.25, -0.2) is 4.98 Å². The fourth-order valence-corrected chi connectivity index (χ4v) is 3.23. The van der Waals surface area contributed by atoms with Crippen LogP contribution in [0, 0.1) is 0 Å². The highest BCUT2D eigenvalue weighted by Crippen LogP contribution is 2.24. The van der Waals surface area contributed by atoms with Gasteiger partial charge in [-0.3, -0.25) is 4.98 Å². The number of benzene rings is 2. The Morgan fingerprint density at radius 1 is 0.867 bits per heavy atom. The maximum Gasteiger partial charge on any atom is 0.253 e. The molecule has 3 heterocycles. The molecule has 5 rings (SSSR count). The third-order valence-corrected chi connectivity index (χ3v) is 4.88. The molecule has 7 heteroatoms. The summed E-state index contributed by atoms with van der Waals surface area (Å²) in [6.45, 7) is 0.480. The summed E-state index contributed by atoms with van der Waals surface area (Å²) < 4.78 is 7.62. The fraction of sp³-hybridized carbons (Fsp3) is 0.0435. The van der Waals surface area contributed by atoms with E-state index in [-0.39, 0.29) is 0 Å². The zero-order valence-corrected chi connectivity index (χ0v) is 16.6. The molecular formula is C23H16ClN5O. The van der Waals surface area contributed by atoms with Crippen LogP contribution in [0.3, 0.4) is 0 Å². The van der Waals surface area contributed by atoms with Crippen LogP contribution in [0.5, 0.6) is 5.75 Å². The number of hydrogen-bond donors (Lipinski definition) is 0. The average molecular weight is 414 g/mol. The van der Waals surface area contributed by atoms with E-state index < -0.39 is 0 Å². The van der Waals surface area contributed by atoms with Crippen molar-refractivity contribution in [2.45, 2.75) is 6.61 Å². The van der Waals surface area contributed by atoms with Crippen molar-refractivity contribution < 1.29 is 4.74 Å². The van der Waals surface area contributed by atoms with Gasteiger partial charge in [0.1, 0.15) is 12.4 Å². The molecule has 0 atom stereocenters. The molecule has 3 aromatic heterocycles. The van der Waals surface area contributed by atoms with Gasteiger partial charge in [0.25, 0.3) is 5.78 Å². The first-order valence-electron chi connectivity index (χ1n) is 9.36. The van der Waals surface area contributed by atoms with E-state index in [0.29, 0.717) is 23.2 Å². The van der Waals surface area contributed by atoms with Crippen molar-refractivity contribution in [3.8, 4) is 28.4 Å². The quantitative estimate of drug-likeness (QED) is 0.401. The van der Waals surface area contributed by atoms with Crippen LogP contribution < -0.4 is 4.74 Å². The predicted molar refractivity (Wildman–Crippen MR) is 115 cm³/mol. The number of nitrogens with zero attached hydrogens (tertiary/aromatic N) is 5. The summed E-state index contributed by atoms with van der Waals surface area (Å²) in [4.78, 5) is 13.0. The molecule has 0 aliphatic heterocycles. The summed E-state index contributed by atoms with van der Waals surface area (Å²) in [6, 6.07) is 21.2. The number of pyridine rings is 1. The Kier molecular flexibility index (Phi) is 4.83. The largest absolute Gasteiger partial charge is 0.489 e. The van der Waals surface area contributed by atoms with Gasteiger partial charge in [0, 0.05) is 34.7 Å². The molecule has 0 N–H and O–H groups in total. The van der Waals surface area contributed by atoms with Gasteiger partial charge in [-0.2, -0.15) is 9.50 Å². The number of halogens is 1. The van der Waals surface area contributed by atoms with E-state index in [9.17, 15) is 0 Å². The topological polar surface area (TPSA) is 65.2 Å². The lowest BCUT2D eigenvalue weighted by Gasteiger charge is -2.08. The maximum atomic E-state index is 5.92. The summed E-state index contributed by atoms with van der Waals surface area (Å²) in [5.74, 6) is 1.91. The number of rotatable bonds is 5.